The minimum absolute atomic E-state index is 0.169. The van der Waals surface area contributed by atoms with Crippen molar-refractivity contribution in [1.29, 1.82) is 0 Å². The van der Waals surface area contributed by atoms with Gasteiger partial charge in [-0.05, 0) is 111 Å². The number of likely N-dealkylation sites (tertiary alicyclic amines) is 3. The van der Waals surface area contributed by atoms with E-state index < -0.39 is 54.7 Å². The summed E-state index contributed by atoms with van der Waals surface area (Å²) in [5.74, 6) is -5.14. The van der Waals surface area contributed by atoms with Crippen LogP contribution >= 0.6 is 0 Å². The summed E-state index contributed by atoms with van der Waals surface area (Å²) in [6.07, 6.45) is 14.3. The number of nitrogens with zero attached hydrogens (tertiary/aromatic N) is 3. The van der Waals surface area contributed by atoms with Gasteiger partial charge in [-0.25, -0.2) is 0 Å². The molecule has 62 heavy (non-hydrogen) atoms. The molecule has 3 aliphatic rings. The van der Waals surface area contributed by atoms with Gasteiger partial charge in [0.25, 0.3) is 0 Å². The predicted molar refractivity (Wildman–Crippen MR) is 249 cm³/mol. The van der Waals surface area contributed by atoms with Gasteiger partial charge in [-0.1, -0.05) is 71.1 Å². The number of hydrogen-bond acceptors (Lipinski definition) is 11. The van der Waals surface area contributed by atoms with Gasteiger partial charge in [0.2, 0.25) is 0 Å². The van der Waals surface area contributed by atoms with E-state index in [1.165, 1.54) is 44.9 Å². The summed E-state index contributed by atoms with van der Waals surface area (Å²) >= 11 is 0. The maximum atomic E-state index is 14.7. The van der Waals surface area contributed by atoms with Crippen LogP contribution in [0, 0.1) is 11.8 Å². The summed E-state index contributed by atoms with van der Waals surface area (Å²) in [6.45, 7) is 28.0. The molecule has 3 fully saturated rings. The van der Waals surface area contributed by atoms with E-state index in [0.717, 1.165) is 19.3 Å². The molecule has 3 rings (SSSR count). The van der Waals surface area contributed by atoms with Crippen molar-refractivity contribution in [3.63, 3.8) is 0 Å². The Bertz CT molecular complexity index is 1420. The number of esters is 4. The molecule has 0 radical (unpaired) electrons. The zero-order valence-electron chi connectivity index (χ0n) is 42.6. The van der Waals surface area contributed by atoms with Gasteiger partial charge in [0.15, 0.2) is 0 Å². The van der Waals surface area contributed by atoms with E-state index >= 15 is 0 Å². The third-order valence-electron chi connectivity index (χ3n) is 15.5. The Balaban J connectivity index is 1.87. The second-order valence-corrected chi connectivity index (χ2v) is 23.4. The molecule has 11 heteroatoms. The molecule has 0 amide bonds. The van der Waals surface area contributed by atoms with Crippen LogP contribution in [0.25, 0.3) is 0 Å². The highest BCUT2D eigenvalue weighted by molar-refractivity contribution is 5.88. The van der Waals surface area contributed by atoms with E-state index in [4.69, 9.17) is 18.9 Å². The summed E-state index contributed by atoms with van der Waals surface area (Å²) in [5.41, 5.74) is -1.49. The van der Waals surface area contributed by atoms with E-state index in [2.05, 4.69) is 126 Å². The van der Waals surface area contributed by atoms with Crippen molar-refractivity contribution in [3.8, 4) is 0 Å². The molecule has 3 aliphatic heterocycles. The van der Waals surface area contributed by atoms with E-state index in [-0.39, 0.29) is 52.0 Å². The van der Waals surface area contributed by atoms with Crippen molar-refractivity contribution >= 4 is 23.9 Å². The van der Waals surface area contributed by atoms with Crippen LogP contribution in [0.2, 0.25) is 0 Å². The molecular formula is C51H93N3O8. The fourth-order valence-electron chi connectivity index (χ4n) is 11.0. The summed E-state index contributed by atoms with van der Waals surface area (Å²) in [7, 11) is 6.27. The monoisotopic (exact) mass is 876 g/mol. The Kier molecular flexibility index (Phi) is 19.5. The normalized spacial score (nSPS) is 23.9. The van der Waals surface area contributed by atoms with E-state index in [0.29, 0.717) is 44.9 Å². The smallest absolute Gasteiger partial charge is 0.310 e. The first kappa shape index (κ1) is 54.1. The van der Waals surface area contributed by atoms with Gasteiger partial charge >= 0.3 is 23.9 Å². The first-order chi connectivity index (χ1) is 28.5. The van der Waals surface area contributed by atoms with Crippen LogP contribution in [0.3, 0.4) is 0 Å². The third kappa shape index (κ3) is 15.4. The molecule has 0 aromatic heterocycles. The molecule has 0 saturated carbocycles. The van der Waals surface area contributed by atoms with Crippen LogP contribution < -0.4 is 0 Å². The Morgan fingerprint density at radius 1 is 0.435 bits per heavy atom. The Morgan fingerprint density at radius 3 is 1.03 bits per heavy atom. The molecule has 0 aliphatic carbocycles. The second kappa shape index (κ2) is 22.3. The van der Waals surface area contributed by atoms with Crippen molar-refractivity contribution in [2.75, 3.05) is 27.7 Å². The Morgan fingerprint density at radius 2 is 0.710 bits per heavy atom. The number of hydrogen-bond donors (Lipinski definition) is 0. The van der Waals surface area contributed by atoms with E-state index in [1.54, 1.807) is 0 Å². The van der Waals surface area contributed by atoms with Crippen molar-refractivity contribution in [1.82, 2.24) is 14.7 Å². The Labute approximate surface area is 378 Å². The minimum atomic E-state index is -1.30. The molecular weight excluding hydrogens is 783 g/mol. The van der Waals surface area contributed by atoms with Gasteiger partial charge in [0.05, 0.1) is 31.3 Å². The first-order valence-corrected chi connectivity index (χ1v) is 24.5. The number of carbonyl (C=O) groups excluding carboxylic acids is 4. The number of rotatable bonds is 22. The van der Waals surface area contributed by atoms with Crippen LogP contribution in [-0.4, -0.2) is 118 Å². The standard InChI is InChI=1S/C51H93N3O8/c1-17-18-19-20-21-22-23-24-25-26-27-28-59-44(57)40(29-42(55)60-37-31-46(2,3)52(14)47(4,5)32-37)41(45(58)62-39-35-50(10,11)54(16)51(12,13)36-39)30-43(56)61-38-33-48(6,7)53(15)49(8,9)34-38/h37-41H,17-36H2,1-16H3. The van der Waals surface area contributed by atoms with E-state index in [1.807, 2.05) is 0 Å². The SMILES string of the molecule is CCCCCCCCCCCCCOC(=O)C(CC(=O)OC1CC(C)(C)N(C)C(C)(C)C1)C(CC(=O)OC1CC(C)(C)N(C)C(C)(C)C1)C(=O)OC1CC(C)(C)N(C)C(C)(C)C1. The fourth-order valence-corrected chi connectivity index (χ4v) is 11.0. The highest BCUT2D eigenvalue weighted by Crippen LogP contribution is 2.42. The van der Waals surface area contributed by atoms with Gasteiger partial charge in [0.1, 0.15) is 18.3 Å². The zero-order chi connectivity index (χ0) is 46.9. The average Bonchev–Trinajstić information content (AvgIpc) is 3.12. The number of ether oxygens (including phenoxy) is 4. The minimum Gasteiger partial charge on any atom is -0.465 e. The lowest BCUT2D eigenvalue weighted by molar-refractivity contribution is -0.178. The van der Waals surface area contributed by atoms with Crippen LogP contribution in [-0.2, 0) is 38.1 Å². The molecule has 2 atom stereocenters. The molecule has 3 saturated heterocycles. The molecule has 0 bridgehead atoms. The van der Waals surface area contributed by atoms with Crippen LogP contribution in [0.1, 0.15) is 212 Å². The molecule has 3 heterocycles. The highest BCUT2D eigenvalue weighted by atomic mass is 16.6. The average molecular weight is 876 g/mol. The maximum absolute atomic E-state index is 14.7. The van der Waals surface area contributed by atoms with Gasteiger partial charge in [-0.3, -0.25) is 33.9 Å². The molecule has 0 aromatic carbocycles. The lowest BCUT2D eigenvalue weighted by Gasteiger charge is -2.53. The highest BCUT2D eigenvalue weighted by Gasteiger charge is 2.49. The quantitative estimate of drug-likeness (QED) is 0.0588. The van der Waals surface area contributed by atoms with Crippen LogP contribution in [0.4, 0.5) is 0 Å². The van der Waals surface area contributed by atoms with Gasteiger partial charge in [-0.15, -0.1) is 0 Å². The molecule has 11 nitrogen and oxygen atoms in total. The topological polar surface area (TPSA) is 115 Å². The zero-order valence-corrected chi connectivity index (χ0v) is 42.6. The first-order valence-electron chi connectivity index (χ1n) is 24.5. The lowest BCUT2D eigenvalue weighted by atomic mass is 9.78. The fraction of sp³-hybridized carbons (Fsp3) is 0.922. The summed E-state index contributed by atoms with van der Waals surface area (Å²) < 4.78 is 24.7. The van der Waals surface area contributed by atoms with Crippen LogP contribution in [0.5, 0.6) is 0 Å². The third-order valence-corrected chi connectivity index (χ3v) is 15.5. The summed E-state index contributed by atoms with van der Waals surface area (Å²) in [5, 5.41) is 0. The molecule has 0 spiro atoms. The van der Waals surface area contributed by atoms with Crippen molar-refractivity contribution in [2.24, 2.45) is 11.8 Å². The van der Waals surface area contributed by atoms with Gasteiger partial charge in [-0.2, -0.15) is 0 Å². The van der Waals surface area contributed by atoms with E-state index in [9.17, 15) is 19.2 Å². The summed E-state index contributed by atoms with van der Waals surface area (Å²) in [4.78, 5) is 64.2. The molecule has 0 N–H and O–H groups in total. The lowest BCUT2D eigenvalue weighted by Crippen LogP contribution is -2.60. The second-order valence-electron chi connectivity index (χ2n) is 23.4. The van der Waals surface area contributed by atoms with Gasteiger partial charge < -0.3 is 18.9 Å². The van der Waals surface area contributed by atoms with Crippen molar-refractivity contribution < 1.29 is 38.1 Å². The van der Waals surface area contributed by atoms with Crippen molar-refractivity contribution in [2.45, 2.75) is 264 Å². The number of carbonyl (C=O) groups is 4. The summed E-state index contributed by atoms with van der Waals surface area (Å²) in [6, 6.07) is 0. The molecule has 360 valence electrons. The predicted octanol–water partition coefficient (Wildman–Crippen LogP) is 10.4. The largest absolute Gasteiger partial charge is 0.465 e. The number of unbranched alkanes of at least 4 members (excludes halogenated alkanes) is 10. The maximum Gasteiger partial charge on any atom is 0.310 e. The number of piperidine rings is 3. The van der Waals surface area contributed by atoms with Crippen LogP contribution in [0.15, 0.2) is 0 Å². The van der Waals surface area contributed by atoms with Gasteiger partial charge in [0, 0.05) is 71.8 Å². The Hall–Kier alpha value is -2.24. The molecule has 2 unspecified atom stereocenters. The van der Waals surface area contributed by atoms with Crippen molar-refractivity contribution in [3.05, 3.63) is 0 Å². The molecule has 0 aromatic rings.